The highest BCUT2D eigenvalue weighted by Crippen LogP contribution is 2.18. The summed E-state index contributed by atoms with van der Waals surface area (Å²) in [6, 6.07) is 5.76. The van der Waals surface area contributed by atoms with Gasteiger partial charge in [-0.15, -0.1) is 0 Å². The highest BCUT2D eigenvalue weighted by molar-refractivity contribution is 5.90. The molecule has 0 spiro atoms. The maximum atomic E-state index is 12.1. The lowest BCUT2D eigenvalue weighted by Crippen LogP contribution is -2.41. The standard InChI is InChI=1S/C19H28N4O5/c1-28-14-2-10-20-19(25)15-7-11-22(12-8-15)13-9-18(24)21-16-3-5-17(6-4-16)23(26)27/h3-6,15H,2,7-14H2,1H3,(H,20,25)(H,21,24). The summed E-state index contributed by atoms with van der Waals surface area (Å²) in [7, 11) is 1.64. The number of hydrogen-bond donors (Lipinski definition) is 2. The Hall–Kier alpha value is -2.52. The largest absolute Gasteiger partial charge is 0.385 e. The van der Waals surface area contributed by atoms with Gasteiger partial charge in [0.15, 0.2) is 0 Å². The van der Waals surface area contributed by atoms with Crippen LogP contribution in [0.25, 0.3) is 0 Å². The number of piperidine rings is 1. The molecule has 2 amide bonds. The number of rotatable bonds is 10. The van der Waals surface area contributed by atoms with Crippen molar-refractivity contribution in [3.8, 4) is 0 Å². The summed E-state index contributed by atoms with van der Waals surface area (Å²) in [5.74, 6) is 0.00580. The summed E-state index contributed by atoms with van der Waals surface area (Å²) in [6.07, 6.45) is 2.73. The van der Waals surface area contributed by atoms with Gasteiger partial charge in [0.25, 0.3) is 5.69 Å². The summed E-state index contributed by atoms with van der Waals surface area (Å²) in [4.78, 5) is 36.5. The van der Waals surface area contributed by atoms with Gasteiger partial charge in [0.05, 0.1) is 4.92 Å². The highest BCUT2D eigenvalue weighted by Gasteiger charge is 2.24. The number of hydrogen-bond acceptors (Lipinski definition) is 6. The molecule has 0 atom stereocenters. The number of methoxy groups -OCH3 is 1. The van der Waals surface area contributed by atoms with Crippen molar-refractivity contribution >= 4 is 23.2 Å². The van der Waals surface area contributed by atoms with Crippen molar-refractivity contribution in [3.63, 3.8) is 0 Å². The van der Waals surface area contributed by atoms with Crippen LogP contribution in [0.15, 0.2) is 24.3 Å². The van der Waals surface area contributed by atoms with Crippen molar-refractivity contribution in [3.05, 3.63) is 34.4 Å². The summed E-state index contributed by atoms with van der Waals surface area (Å²) < 4.78 is 4.96. The van der Waals surface area contributed by atoms with Crippen molar-refractivity contribution in [1.29, 1.82) is 0 Å². The zero-order valence-corrected chi connectivity index (χ0v) is 16.2. The Balaban J connectivity index is 1.64. The highest BCUT2D eigenvalue weighted by atomic mass is 16.6. The normalized spacial score (nSPS) is 15.2. The number of carbonyl (C=O) groups is 2. The van der Waals surface area contributed by atoms with E-state index in [9.17, 15) is 19.7 Å². The van der Waals surface area contributed by atoms with Crippen LogP contribution in [0.3, 0.4) is 0 Å². The fourth-order valence-electron chi connectivity index (χ4n) is 3.14. The minimum absolute atomic E-state index is 0.0106. The van der Waals surface area contributed by atoms with Gasteiger partial charge in [0, 0.05) is 57.0 Å². The number of non-ortho nitro benzene ring substituents is 1. The Bertz CT molecular complexity index is 657. The molecule has 0 aliphatic carbocycles. The van der Waals surface area contributed by atoms with Crippen LogP contribution in [-0.2, 0) is 14.3 Å². The molecule has 1 aliphatic heterocycles. The van der Waals surface area contributed by atoms with Gasteiger partial charge >= 0.3 is 0 Å². The van der Waals surface area contributed by atoms with Crippen LogP contribution >= 0.6 is 0 Å². The van der Waals surface area contributed by atoms with Gasteiger partial charge in [0.1, 0.15) is 0 Å². The van der Waals surface area contributed by atoms with Crippen LogP contribution < -0.4 is 10.6 Å². The first-order valence-electron chi connectivity index (χ1n) is 9.53. The van der Waals surface area contributed by atoms with Crippen molar-refractivity contribution in [2.24, 2.45) is 5.92 Å². The predicted molar refractivity (Wildman–Crippen MR) is 105 cm³/mol. The third kappa shape index (κ3) is 7.24. The molecule has 1 heterocycles. The first-order valence-corrected chi connectivity index (χ1v) is 9.53. The molecule has 0 radical (unpaired) electrons. The molecule has 2 N–H and O–H groups in total. The van der Waals surface area contributed by atoms with Crippen LogP contribution in [0.1, 0.15) is 25.7 Å². The molecule has 1 aromatic rings. The number of nitrogens with zero attached hydrogens (tertiary/aromatic N) is 2. The van der Waals surface area contributed by atoms with E-state index in [1.165, 1.54) is 24.3 Å². The Labute approximate surface area is 164 Å². The van der Waals surface area contributed by atoms with Gasteiger partial charge < -0.3 is 20.3 Å². The van der Waals surface area contributed by atoms with E-state index in [-0.39, 0.29) is 23.4 Å². The third-order valence-electron chi connectivity index (χ3n) is 4.80. The van der Waals surface area contributed by atoms with Crippen molar-refractivity contribution < 1.29 is 19.2 Å². The molecule has 1 aliphatic rings. The van der Waals surface area contributed by atoms with Crippen LogP contribution in [0.2, 0.25) is 0 Å². The summed E-state index contributed by atoms with van der Waals surface area (Å²) in [6.45, 7) is 3.49. The fraction of sp³-hybridized carbons (Fsp3) is 0.579. The van der Waals surface area contributed by atoms with Crippen LogP contribution in [0, 0.1) is 16.0 Å². The maximum absolute atomic E-state index is 12.1. The van der Waals surface area contributed by atoms with E-state index in [1.807, 2.05) is 0 Å². The first kappa shape index (κ1) is 21.8. The van der Waals surface area contributed by atoms with Gasteiger partial charge in [-0.1, -0.05) is 0 Å². The Morgan fingerprint density at radius 1 is 1.25 bits per heavy atom. The number of amides is 2. The molecule has 28 heavy (non-hydrogen) atoms. The zero-order chi connectivity index (χ0) is 20.4. The molecular formula is C19H28N4O5. The van der Waals surface area contributed by atoms with Crippen molar-refractivity contribution in [1.82, 2.24) is 10.2 Å². The average molecular weight is 392 g/mol. The number of benzene rings is 1. The number of anilines is 1. The Kier molecular flexibility index (Phi) is 8.83. The molecule has 0 bridgehead atoms. The van der Waals surface area contributed by atoms with Gasteiger partial charge in [-0.05, 0) is 44.5 Å². The lowest BCUT2D eigenvalue weighted by molar-refractivity contribution is -0.384. The van der Waals surface area contributed by atoms with Gasteiger partial charge in [-0.25, -0.2) is 0 Å². The number of likely N-dealkylation sites (tertiary alicyclic amines) is 1. The monoisotopic (exact) mass is 392 g/mol. The van der Waals surface area contributed by atoms with Crippen LogP contribution in [0.4, 0.5) is 11.4 Å². The molecule has 154 valence electrons. The second-order valence-electron chi connectivity index (χ2n) is 6.86. The molecule has 1 aromatic carbocycles. The molecule has 2 rings (SSSR count). The Morgan fingerprint density at radius 2 is 1.93 bits per heavy atom. The number of nitro groups is 1. The number of nitrogens with one attached hydrogen (secondary N) is 2. The number of ether oxygens (including phenoxy) is 1. The molecule has 0 aromatic heterocycles. The van der Waals surface area contributed by atoms with Crippen LogP contribution in [0.5, 0.6) is 0 Å². The third-order valence-corrected chi connectivity index (χ3v) is 4.80. The first-order chi connectivity index (χ1) is 13.5. The minimum Gasteiger partial charge on any atom is -0.385 e. The molecule has 0 unspecified atom stereocenters. The predicted octanol–water partition coefficient (Wildman–Crippen LogP) is 1.79. The van der Waals surface area contributed by atoms with E-state index >= 15 is 0 Å². The Morgan fingerprint density at radius 3 is 2.54 bits per heavy atom. The molecule has 9 heteroatoms. The van der Waals surface area contributed by atoms with Gasteiger partial charge in [-0.2, -0.15) is 0 Å². The van der Waals surface area contributed by atoms with E-state index in [1.54, 1.807) is 7.11 Å². The van der Waals surface area contributed by atoms with Crippen molar-refractivity contribution in [2.45, 2.75) is 25.7 Å². The lowest BCUT2D eigenvalue weighted by atomic mass is 9.96. The second-order valence-corrected chi connectivity index (χ2v) is 6.86. The maximum Gasteiger partial charge on any atom is 0.269 e. The molecule has 9 nitrogen and oxygen atoms in total. The van der Waals surface area contributed by atoms with Crippen LogP contribution in [-0.4, -0.2) is 61.5 Å². The molecule has 1 fully saturated rings. The average Bonchev–Trinajstić information content (AvgIpc) is 2.70. The van der Waals surface area contributed by atoms with Gasteiger partial charge in [0.2, 0.25) is 11.8 Å². The summed E-state index contributed by atoms with van der Waals surface area (Å²) in [5.41, 5.74) is 0.531. The second kappa shape index (κ2) is 11.4. The molecular weight excluding hydrogens is 364 g/mol. The van der Waals surface area contributed by atoms with Gasteiger partial charge in [-0.3, -0.25) is 19.7 Å². The minimum atomic E-state index is -0.477. The fourth-order valence-corrected chi connectivity index (χ4v) is 3.14. The van der Waals surface area contributed by atoms with E-state index in [0.717, 1.165) is 32.4 Å². The molecule has 1 saturated heterocycles. The lowest BCUT2D eigenvalue weighted by Gasteiger charge is -2.31. The van der Waals surface area contributed by atoms with E-state index < -0.39 is 4.92 Å². The zero-order valence-electron chi connectivity index (χ0n) is 16.2. The smallest absolute Gasteiger partial charge is 0.269 e. The summed E-state index contributed by atoms with van der Waals surface area (Å²) in [5, 5.41) is 16.3. The number of nitro benzene ring substituents is 1. The van der Waals surface area contributed by atoms with Crippen molar-refractivity contribution in [2.75, 3.05) is 45.2 Å². The quantitative estimate of drug-likeness (QED) is 0.356. The van der Waals surface area contributed by atoms with E-state index in [2.05, 4.69) is 15.5 Å². The molecule has 0 saturated carbocycles. The number of carbonyl (C=O) groups excluding carboxylic acids is 2. The summed E-state index contributed by atoms with van der Waals surface area (Å²) >= 11 is 0. The van der Waals surface area contributed by atoms with E-state index in [0.29, 0.717) is 31.8 Å². The van der Waals surface area contributed by atoms with E-state index in [4.69, 9.17) is 4.74 Å². The SMILES string of the molecule is COCCCNC(=O)C1CCN(CCC(=O)Nc2ccc([N+](=O)[O-])cc2)CC1. The topological polar surface area (TPSA) is 114 Å².